The van der Waals surface area contributed by atoms with Crippen molar-refractivity contribution in [3.8, 4) is 0 Å². The first kappa shape index (κ1) is 16.8. The Balaban J connectivity index is 2.02. The van der Waals surface area contributed by atoms with Crippen molar-refractivity contribution in [2.75, 3.05) is 11.9 Å². The monoisotopic (exact) mass is 329 g/mol. The van der Waals surface area contributed by atoms with Gasteiger partial charge in [-0.05, 0) is 32.0 Å². The van der Waals surface area contributed by atoms with Crippen LogP contribution in [0.4, 0.5) is 24.0 Å². The van der Waals surface area contributed by atoms with Gasteiger partial charge >= 0.3 is 0 Å². The number of thiazole rings is 1. The Hall–Kier alpha value is -1.60. The van der Waals surface area contributed by atoms with Crippen molar-refractivity contribution in [2.24, 2.45) is 0 Å². The summed E-state index contributed by atoms with van der Waals surface area (Å²) >= 11 is 1.30. The number of nitrogens with one attached hydrogen (secondary N) is 2. The lowest BCUT2D eigenvalue weighted by Crippen LogP contribution is -2.28. The zero-order valence-electron chi connectivity index (χ0n) is 12.4. The van der Waals surface area contributed by atoms with Gasteiger partial charge in [0, 0.05) is 17.8 Å². The van der Waals surface area contributed by atoms with Crippen molar-refractivity contribution >= 4 is 22.2 Å². The van der Waals surface area contributed by atoms with Crippen molar-refractivity contribution < 1.29 is 13.2 Å². The molecule has 1 atom stereocenters. The zero-order valence-corrected chi connectivity index (χ0v) is 13.2. The van der Waals surface area contributed by atoms with Gasteiger partial charge in [-0.25, -0.2) is 18.2 Å². The van der Waals surface area contributed by atoms with E-state index in [-0.39, 0.29) is 11.7 Å². The second-order valence-electron chi connectivity index (χ2n) is 5.05. The Morgan fingerprint density at radius 1 is 1.23 bits per heavy atom. The summed E-state index contributed by atoms with van der Waals surface area (Å²) in [5.41, 5.74) is 0.739. The Kier molecular flexibility index (Phi) is 5.79. The Morgan fingerprint density at radius 3 is 2.73 bits per heavy atom. The molecule has 2 N–H and O–H groups in total. The lowest BCUT2D eigenvalue weighted by Gasteiger charge is -2.11. The summed E-state index contributed by atoms with van der Waals surface area (Å²) in [6.07, 6.45) is 1.81. The highest BCUT2D eigenvalue weighted by Gasteiger charge is 2.14. The summed E-state index contributed by atoms with van der Waals surface area (Å²) < 4.78 is 39.7. The maximum atomic E-state index is 13.6. The van der Waals surface area contributed by atoms with E-state index in [9.17, 15) is 13.2 Å². The number of nitrogens with zero attached hydrogens (tertiary/aromatic N) is 1. The lowest BCUT2D eigenvalue weighted by atomic mass is 10.2. The van der Waals surface area contributed by atoms with Crippen LogP contribution in [0.1, 0.15) is 26.0 Å². The highest BCUT2D eigenvalue weighted by Crippen LogP contribution is 2.25. The molecule has 0 spiro atoms. The Bertz CT molecular complexity index is 630. The van der Waals surface area contributed by atoms with Gasteiger partial charge in [-0.2, -0.15) is 0 Å². The molecule has 0 saturated heterocycles. The smallest absolute Gasteiger partial charge is 0.196 e. The fourth-order valence-corrected chi connectivity index (χ4v) is 2.71. The summed E-state index contributed by atoms with van der Waals surface area (Å²) in [4.78, 5) is 4.33. The van der Waals surface area contributed by atoms with E-state index in [0.717, 1.165) is 37.2 Å². The van der Waals surface area contributed by atoms with E-state index in [4.69, 9.17) is 0 Å². The number of benzene rings is 1. The second-order valence-corrected chi connectivity index (χ2v) is 5.91. The third kappa shape index (κ3) is 4.20. The van der Waals surface area contributed by atoms with Crippen LogP contribution in [-0.2, 0) is 6.42 Å². The predicted octanol–water partition coefficient (Wildman–Crippen LogP) is 4.23. The average molecular weight is 329 g/mol. The van der Waals surface area contributed by atoms with Gasteiger partial charge in [0.25, 0.3) is 0 Å². The number of hydrogen-bond acceptors (Lipinski definition) is 4. The van der Waals surface area contributed by atoms with E-state index in [1.165, 1.54) is 11.3 Å². The number of aromatic nitrogens is 1. The van der Waals surface area contributed by atoms with Crippen LogP contribution < -0.4 is 10.6 Å². The lowest BCUT2D eigenvalue weighted by molar-refractivity contribution is 0.449. The van der Waals surface area contributed by atoms with E-state index < -0.39 is 17.5 Å². The number of rotatable bonds is 7. The molecule has 0 aliphatic carbocycles. The number of anilines is 2. The van der Waals surface area contributed by atoms with Crippen molar-refractivity contribution in [2.45, 2.75) is 32.7 Å². The molecule has 0 aliphatic heterocycles. The third-order valence-electron chi connectivity index (χ3n) is 3.09. The average Bonchev–Trinajstić information content (AvgIpc) is 2.93. The molecule has 0 amide bonds. The quantitative estimate of drug-likeness (QED) is 0.746. The molecule has 7 heteroatoms. The van der Waals surface area contributed by atoms with Gasteiger partial charge in [0.05, 0.1) is 11.4 Å². The van der Waals surface area contributed by atoms with Gasteiger partial charge in [-0.1, -0.05) is 6.92 Å². The van der Waals surface area contributed by atoms with Crippen LogP contribution in [0.25, 0.3) is 0 Å². The minimum atomic E-state index is -1.49. The molecule has 0 radical (unpaired) electrons. The topological polar surface area (TPSA) is 37.0 Å². The number of hydrogen-bond donors (Lipinski definition) is 2. The molecule has 0 aliphatic rings. The van der Waals surface area contributed by atoms with Crippen LogP contribution >= 0.6 is 11.3 Å². The highest BCUT2D eigenvalue weighted by atomic mass is 32.1. The van der Waals surface area contributed by atoms with Crippen LogP contribution in [0.2, 0.25) is 0 Å². The van der Waals surface area contributed by atoms with Crippen molar-refractivity contribution in [1.82, 2.24) is 10.3 Å². The van der Waals surface area contributed by atoms with Crippen molar-refractivity contribution in [3.63, 3.8) is 0 Å². The van der Waals surface area contributed by atoms with Gasteiger partial charge < -0.3 is 10.6 Å². The molecule has 1 unspecified atom stereocenters. The van der Waals surface area contributed by atoms with Crippen LogP contribution in [0.3, 0.4) is 0 Å². The summed E-state index contributed by atoms with van der Waals surface area (Å²) in [5, 5.41) is 8.35. The summed E-state index contributed by atoms with van der Waals surface area (Å²) in [7, 11) is 0. The van der Waals surface area contributed by atoms with E-state index in [2.05, 4.69) is 29.5 Å². The van der Waals surface area contributed by atoms with E-state index in [0.29, 0.717) is 5.13 Å². The molecule has 22 heavy (non-hydrogen) atoms. The van der Waals surface area contributed by atoms with E-state index >= 15 is 0 Å². The maximum Gasteiger partial charge on any atom is 0.196 e. The van der Waals surface area contributed by atoms with Gasteiger partial charge in [0.2, 0.25) is 0 Å². The molecule has 0 saturated carbocycles. The minimum absolute atomic E-state index is 0.128. The summed E-state index contributed by atoms with van der Waals surface area (Å²) in [6.45, 7) is 5.11. The predicted molar refractivity (Wildman–Crippen MR) is 83.2 cm³/mol. The molecule has 3 nitrogen and oxygen atoms in total. The Morgan fingerprint density at radius 2 is 2.00 bits per heavy atom. The third-order valence-corrected chi connectivity index (χ3v) is 3.89. The fraction of sp³-hybridized carbons (Fsp3) is 0.400. The Labute approximate surface area is 131 Å². The molecule has 0 bridgehead atoms. The van der Waals surface area contributed by atoms with E-state index in [1.54, 1.807) is 0 Å². The van der Waals surface area contributed by atoms with Gasteiger partial charge in [-0.3, -0.25) is 0 Å². The fourth-order valence-electron chi connectivity index (χ4n) is 1.97. The molecular weight excluding hydrogens is 311 g/mol. The van der Waals surface area contributed by atoms with Crippen LogP contribution in [-0.4, -0.2) is 17.6 Å². The first-order chi connectivity index (χ1) is 10.5. The van der Waals surface area contributed by atoms with Crippen LogP contribution in [0.15, 0.2) is 17.5 Å². The van der Waals surface area contributed by atoms with Gasteiger partial charge in [-0.15, -0.1) is 11.3 Å². The molecule has 1 aromatic heterocycles. The highest BCUT2D eigenvalue weighted by molar-refractivity contribution is 7.13. The van der Waals surface area contributed by atoms with Gasteiger partial charge in [0.15, 0.2) is 22.6 Å². The van der Waals surface area contributed by atoms with Crippen LogP contribution in [0.5, 0.6) is 0 Å². The van der Waals surface area contributed by atoms with E-state index in [1.807, 2.05) is 5.38 Å². The first-order valence-corrected chi connectivity index (χ1v) is 7.97. The zero-order chi connectivity index (χ0) is 16.1. The standard InChI is InChI=1S/C15H18F3N3S/c1-3-6-19-9(2)7-10-8-22-15(20-10)21-12-5-4-11(16)13(17)14(12)18/h4-5,8-9,19H,3,6-7H2,1-2H3,(H,20,21). The van der Waals surface area contributed by atoms with Gasteiger partial charge in [0.1, 0.15) is 0 Å². The maximum absolute atomic E-state index is 13.6. The normalized spacial score (nSPS) is 12.4. The SMILES string of the molecule is CCCNC(C)Cc1csc(Nc2ccc(F)c(F)c2F)n1. The van der Waals surface area contributed by atoms with Crippen molar-refractivity contribution in [1.29, 1.82) is 0 Å². The minimum Gasteiger partial charge on any atom is -0.329 e. The molecule has 1 heterocycles. The molecular formula is C15H18F3N3S. The molecule has 1 aromatic carbocycles. The summed E-state index contributed by atoms with van der Waals surface area (Å²) in [5.74, 6) is -3.94. The number of halogens is 3. The first-order valence-electron chi connectivity index (χ1n) is 7.09. The molecule has 120 valence electrons. The second kappa shape index (κ2) is 7.60. The molecule has 2 aromatic rings. The van der Waals surface area contributed by atoms with Crippen molar-refractivity contribution in [3.05, 3.63) is 40.7 Å². The molecule has 2 rings (SSSR count). The summed E-state index contributed by atoms with van der Waals surface area (Å²) in [6, 6.07) is 2.32. The largest absolute Gasteiger partial charge is 0.329 e. The van der Waals surface area contributed by atoms with Crippen LogP contribution in [0, 0.1) is 17.5 Å². The molecule has 0 fully saturated rings.